The number of rotatable bonds is 6. The number of nitrogens with one attached hydrogen (secondary N) is 2. The molecule has 1 atom stereocenters. The Morgan fingerprint density at radius 3 is 2.59 bits per heavy atom. The summed E-state index contributed by atoms with van der Waals surface area (Å²) in [6, 6.07) is 0. The Morgan fingerprint density at radius 1 is 1.35 bits per heavy atom. The molecule has 0 saturated heterocycles. The van der Waals surface area contributed by atoms with Crippen LogP contribution < -0.4 is 10.6 Å². The molecule has 6 heteroatoms. The predicted octanol–water partition coefficient (Wildman–Crippen LogP) is 0.243. The van der Waals surface area contributed by atoms with Crippen LogP contribution in [0.25, 0.3) is 0 Å². The summed E-state index contributed by atoms with van der Waals surface area (Å²) in [6.07, 6.45) is 3.27. The fourth-order valence-corrected chi connectivity index (χ4v) is 1.59. The van der Waals surface area contributed by atoms with Crippen molar-refractivity contribution in [2.75, 3.05) is 44.9 Å². The lowest BCUT2D eigenvalue weighted by molar-refractivity contribution is 0.0459. The molecule has 0 aliphatic carbocycles. The molecule has 1 unspecified atom stereocenters. The van der Waals surface area contributed by atoms with Gasteiger partial charge in [-0.25, -0.2) is 4.98 Å². The van der Waals surface area contributed by atoms with Gasteiger partial charge in [0.05, 0.1) is 18.0 Å². The van der Waals surface area contributed by atoms with Crippen LogP contribution in [-0.2, 0) is 0 Å². The molecule has 3 N–H and O–H groups in total. The molecular weight excluding hydrogens is 218 g/mol. The van der Waals surface area contributed by atoms with E-state index in [1.54, 1.807) is 26.4 Å². The molecule has 17 heavy (non-hydrogen) atoms. The molecular formula is C11H21N5O. The van der Waals surface area contributed by atoms with Crippen molar-refractivity contribution in [2.24, 2.45) is 0 Å². The van der Waals surface area contributed by atoms with Crippen LogP contribution in [0.1, 0.15) is 6.92 Å². The van der Waals surface area contributed by atoms with Crippen molar-refractivity contribution in [2.45, 2.75) is 12.5 Å². The van der Waals surface area contributed by atoms with E-state index < -0.39 is 5.60 Å². The van der Waals surface area contributed by atoms with E-state index in [0.29, 0.717) is 24.7 Å². The fraction of sp³-hybridized carbons (Fsp3) is 0.636. The summed E-state index contributed by atoms with van der Waals surface area (Å²) in [7, 11) is 5.64. The summed E-state index contributed by atoms with van der Waals surface area (Å²) in [5.41, 5.74) is -0.805. The van der Waals surface area contributed by atoms with Crippen LogP contribution >= 0.6 is 0 Å². The molecule has 1 aromatic rings. The molecule has 1 rings (SSSR count). The molecule has 0 aromatic carbocycles. The highest BCUT2D eigenvalue weighted by Gasteiger charge is 2.21. The number of likely N-dealkylation sites (N-methyl/N-ethyl adjacent to an activating group) is 1. The molecule has 1 aromatic heterocycles. The zero-order valence-corrected chi connectivity index (χ0v) is 10.9. The largest absolute Gasteiger partial charge is 0.387 e. The number of aromatic nitrogens is 2. The summed E-state index contributed by atoms with van der Waals surface area (Å²) in [5, 5.41) is 16.1. The SMILES string of the molecule is CNc1cncc(NCC(C)(O)CN(C)C)n1. The van der Waals surface area contributed by atoms with Crippen LogP contribution in [0, 0.1) is 0 Å². The monoisotopic (exact) mass is 239 g/mol. The second-order valence-electron chi connectivity index (χ2n) is 4.63. The van der Waals surface area contributed by atoms with Crippen molar-refractivity contribution >= 4 is 11.6 Å². The highest BCUT2D eigenvalue weighted by molar-refractivity contribution is 5.41. The lowest BCUT2D eigenvalue weighted by Crippen LogP contribution is -2.43. The number of hydrogen-bond acceptors (Lipinski definition) is 6. The minimum atomic E-state index is -0.805. The van der Waals surface area contributed by atoms with Gasteiger partial charge >= 0.3 is 0 Å². The van der Waals surface area contributed by atoms with Gasteiger partial charge in [0.2, 0.25) is 0 Å². The Morgan fingerprint density at radius 2 is 2.00 bits per heavy atom. The standard InChI is InChI=1S/C11H21N5O/c1-11(17,8-16(3)4)7-14-10-6-13-5-9(12-2)15-10/h5-6,17H,7-8H2,1-4H3,(H2,12,14,15). The van der Waals surface area contributed by atoms with Gasteiger partial charge in [-0.3, -0.25) is 4.98 Å². The zero-order valence-electron chi connectivity index (χ0n) is 10.9. The van der Waals surface area contributed by atoms with Gasteiger partial charge in [0.25, 0.3) is 0 Å². The highest BCUT2D eigenvalue weighted by atomic mass is 16.3. The third-order valence-electron chi connectivity index (χ3n) is 2.20. The molecule has 0 fully saturated rings. The van der Waals surface area contributed by atoms with Crippen molar-refractivity contribution in [1.82, 2.24) is 14.9 Å². The molecule has 6 nitrogen and oxygen atoms in total. The summed E-state index contributed by atoms with van der Waals surface area (Å²) >= 11 is 0. The minimum absolute atomic E-state index is 0.424. The first-order chi connectivity index (χ1) is 7.93. The van der Waals surface area contributed by atoms with Crippen LogP contribution in [0.2, 0.25) is 0 Å². The first-order valence-corrected chi connectivity index (χ1v) is 5.54. The molecule has 1 heterocycles. The van der Waals surface area contributed by atoms with E-state index in [9.17, 15) is 5.11 Å². The number of nitrogens with zero attached hydrogens (tertiary/aromatic N) is 3. The van der Waals surface area contributed by atoms with E-state index in [2.05, 4.69) is 20.6 Å². The maximum atomic E-state index is 10.1. The fourth-order valence-electron chi connectivity index (χ4n) is 1.59. The van der Waals surface area contributed by atoms with E-state index in [-0.39, 0.29) is 0 Å². The van der Waals surface area contributed by atoms with Gasteiger partial charge in [-0.2, -0.15) is 0 Å². The molecule has 0 amide bonds. The summed E-state index contributed by atoms with van der Waals surface area (Å²) in [4.78, 5) is 10.2. The molecule has 0 radical (unpaired) electrons. The first kappa shape index (κ1) is 13.7. The Hall–Kier alpha value is -1.40. The van der Waals surface area contributed by atoms with Crippen molar-refractivity contribution in [1.29, 1.82) is 0 Å². The van der Waals surface area contributed by atoms with Gasteiger partial charge < -0.3 is 20.6 Å². The Kier molecular flexibility index (Phi) is 4.65. The van der Waals surface area contributed by atoms with Crippen LogP contribution in [0.15, 0.2) is 12.4 Å². The van der Waals surface area contributed by atoms with Crippen molar-refractivity contribution < 1.29 is 5.11 Å². The van der Waals surface area contributed by atoms with Crippen LogP contribution in [0.5, 0.6) is 0 Å². The highest BCUT2D eigenvalue weighted by Crippen LogP contribution is 2.09. The molecule has 0 bridgehead atoms. The van der Waals surface area contributed by atoms with Gasteiger partial charge in [-0.1, -0.05) is 0 Å². The van der Waals surface area contributed by atoms with Crippen LogP contribution in [0.4, 0.5) is 11.6 Å². The molecule has 0 aliphatic heterocycles. The lowest BCUT2D eigenvalue weighted by Gasteiger charge is -2.27. The molecule has 0 saturated carbocycles. The van der Waals surface area contributed by atoms with E-state index in [1.807, 2.05) is 19.0 Å². The first-order valence-electron chi connectivity index (χ1n) is 5.54. The molecule has 0 aliphatic rings. The number of aliphatic hydroxyl groups is 1. The van der Waals surface area contributed by atoms with Crippen molar-refractivity contribution in [3.8, 4) is 0 Å². The molecule has 0 spiro atoms. The van der Waals surface area contributed by atoms with E-state index in [1.165, 1.54) is 0 Å². The van der Waals surface area contributed by atoms with Gasteiger partial charge in [0, 0.05) is 20.1 Å². The maximum absolute atomic E-state index is 10.1. The van der Waals surface area contributed by atoms with Gasteiger partial charge in [-0.05, 0) is 21.0 Å². The van der Waals surface area contributed by atoms with Crippen LogP contribution in [-0.4, -0.2) is 59.8 Å². The van der Waals surface area contributed by atoms with Crippen LogP contribution in [0.3, 0.4) is 0 Å². The Labute approximate surface area is 102 Å². The Bertz CT molecular complexity index is 353. The van der Waals surface area contributed by atoms with Gasteiger partial charge in [0.15, 0.2) is 0 Å². The summed E-state index contributed by atoms with van der Waals surface area (Å²) in [5.74, 6) is 1.35. The normalized spacial score (nSPS) is 14.5. The Balaban J connectivity index is 2.54. The predicted molar refractivity (Wildman–Crippen MR) is 69.2 cm³/mol. The average Bonchev–Trinajstić information content (AvgIpc) is 2.25. The topological polar surface area (TPSA) is 73.3 Å². The van der Waals surface area contributed by atoms with E-state index in [0.717, 1.165) is 0 Å². The van der Waals surface area contributed by atoms with Crippen molar-refractivity contribution in [3.05, 3.63) is 12.4 Å². The quantitative estimate of drug-likeness (QED) is 0.660. The second kappa shape index (κ2) is 5.79. The minimum Gasteiger partial charge on any atom is -0.387 e. The third-order valence-corrected chi connectivity index (χ3v) is 2.20. The van der Waals surface area contributed by atoms with E-state index >= 15 is 0 Å². The lowest BCUT2D eigenvalue weighted by atomic mass is 10.1. The third kappa shape index (κ3) is 4.97. The second-order valence-corrected chi connectivity index (χ2v) is 4.63. The summed E-state index contributed by atoms with van der Waals surface area (Å²) in [6.45, 7) is 2.79. The smallest absolute Gasteiger partial charge is 0.147 e. The number of anilines is 2. The summed E-state index contributed by atoms with van der Waals surface area (Å²) < 4.78 is 0. The average molecular weight is 239 g/mol. The molecule has 96 valence electrons. The van der Waals surface area contributed by atoms with Crippen molar-refractivity contribution in [3.63, 3.8) is 0 Å². The van der Waals surface area contributed by atoms with E-state index in [4.69, 9.17) is 0 Å². The zero-order chi connectivity index (χ0) is 12.9. The maximum Gasteiger partial charge on any atom is 0.147 e. The van der Waals surface area contributed by atoms with Gasteiger partial charge in [0.1, 0.15) is 11.6 Å². The van der Waals surface area contributed by atoms with Gasteiger partial charge in [-0.15, -0.1) is 0 Å². The number of hydrogen-bond donors (Lipinski definition) is 3.